The van der Waals surface area contributed by atoms with Crippen LogP contribution in [0.4, 0.5) is 0 Å². The van der Waals surface area contributed by atoms with E-state index in [1.54, 1.807) is 6.20 Å². The van der Waals surface area contributed by atoms with Gasteiger partial charge in [0.25, 0.3) is 0 Å². The van der Waals surface area contributed by atoms with Crippen LogP contribution in [0.5, 0.6) is 0 Å². The number of hydrogen-bond acceptors (Lipinski definition) is 3. The molecule has 1 saturated carbocycles. The van der Waals surface area contributed by atoms with Crippen molar-refractivity contribution in [2.45, 2.75) is 58.2 Å². The number of carbonyl (C=O) groups excluding carboxylic acids is 1. The van der Waals surface area contributed by atoms with Gasteiger partial charge in [-0.2, -0.15) is 5.10 Å². The van der Waals surface area contributed by atoms with Gasteiger partial charge in [-0.1, -0.05) is 24.6 Å². The molecule has 5 nitrogen and oxygen atoms in total. The maximum atomic E-state index is 12.3. The number of carbonyl (C=O) groups is 1. The summed E-state index contributed by atoms with van der Waals surface area (Å²) < 4.78 is 1.90. The van der Waals surface area contributed by atoms with E-state index in [1.165, 1.54) is 5.56 Å². The second-order valence-corrected chi connectivity index (χ2v) is 7.18. The molecule has 1 aliphatic rings. The monoisotopic (exact) mass is 340 g/mol. The fourth-order valence-corrected chi connectivity index (χ4v) is 3.57. The zero-order valence-corrected chi connectivity index (χ0v) is 15.1. The summed E-state index contributed by atoms with van der Waals surface area (Å²) in [4.78, 5) is 12.3. The Labute approximate surface area is 149 Å². The van der Waals surface area contributed by atoms with Crippen LogP contribution in [0.3, 0.4) is 0 Å². The summed E-state index contributed by atoms with van der Waals surface area (Å²) in [5, 5.41) is 11.1. The minimum Gasteiger partial charge on any atom is -0.354 e. The first-order chi connectivity index (χ1) is 12.1. The molecule has 1 fully saturated rings. The third-order valence-electron chi connectivity index (χ3n) is 4.80. The van der Waals surface area contributed by atoms with Gasteiger partial charge in [0.2, 0.25) is 5.91 Å². The Morgan fingerprint density at radius 3 is 2.88 bits per heavy atom. The normalized spacial score (nSPS) is 20.6. The molecule has 2 atom stereocenters. The van der Waals surface area contributed by atoms with E-state index in [0.29, 0.717) is 6.04 Å². The van der Waals surface area contributed by atoms with Crippen LogP contribution < -0.4 is 10.6 Å². The Bertz CT molecular complexity index is 681. The molecule has 5 heteroatoms. The van der Waals surface area contributed by atoms with Crippen molar-refractivity contribution in [2.75, 3.05) is 0 Å². The quantitative estimate of drug-likeness (QED) is 0.850. The largest absolute Gasteiger partial charge is 0.354 e. The molecule has 2 aromatic rings. The van der Waals surface area contributed by atoms with Crippen LogP contribution in [0.25, 0.3) is 5.69 Å². The van der Waals surface area contributed by atoms with E-state index >= 15 is 0 Å². The van der Waals surface area contributed by atoms with Gasteiger partial charge < -0.3 is 10.6 Å². The molecule has 1 amide bonds. The van der Waals surface area contributed by atoms with Gasteiger partial charge in [0.1, 0.15) is 0 Å². The van der Waals surface area contributed by atoms with Crippen molar-refractivity contribution in [3.05, 3.63) is 48.3 Å². The van der Waals surface area contributed by atoms with E-state index in [-0.39, 0.29) is 17.9 Å². The Balaban J connectivity index is 1.60. The average molecular weight is 340 g/mol. The predicted molar refractivity (Wildman–Crippen MR) is 99.4 cm³/mol. The van der Waals surface area contributed by atoms with Crippen LogP contribution in [0, 0.1) is 5.92 Å². The second-order valence-electron chi connectivity index (χ2n) is 7.18. The summed E-state index contributed by atoms with van der Waals surface area (Å²) in [5.74, 6) is 0.341. The van der Waals surface area contributed by atoms with Crippen molar-refractivity contribution in [2.24, 2.45) is 5.92 Å². The lowest BCUT2D eigenvalue weighted by atomic mass is 9.85. The molecule has 134 valence electrons. The molecule has 0 spiro atoms. The first kappa shape index (κ1) is 17.7. The number of nitrogens with one attached hydrogen (secondary N) is 2. The number of benzene rings is 1. The van der Waals surface area contributed by atoms with Crippen LogP contribution in [-0.2, 0) is 11.3 Å². The molecule has 1 aliphatic carbocycles. The highest BCUT2D eigenvalue weighted by Crippen LogP contribution is 2.25. The van der Waals surface area contributed by atoms with Crippen molar-refractivity contribution < 1.29 is 4.79 Å². The highest BCUT2D eigenvalue weighted by Gasteiger charge is 2.27. The molecule has 25 heavy (non-hydrogen) atoms. The zero-order chi connectivity index (χ0) is 17.6. The maximum absolute atomic E-state index is 12.3. The van der Waals surface area contributed by atoms with Crippen molar-refractivity contribution >= 4 is 5.91 Å². The highest BCUT2D eigenvalue weighted by molar-refractivity contribution is 5.79. The van der Waals surface area contributed by atoms with Gasteiger partial charge in [-0.25, -0.2) is 4.68 Å². The van der Waals surface area contributed by atoms with Gasteiger partial charge in [0, 0.05) is 36.9 Å². The fraction of sp³-hybridized carbons (Fsp3) is 0.500. The molecule has 2 N–H and O–H groups in total. The first-order valence-electron chi connectivity index (χ1n) is 9.25. The molecule has 1 aromatic carbocycles. The van der Waals surface area contributed by atoms with E-state index in [0.717, 1.165) is 37.9 Å². The molecular formula is C20H28N4O. The van der Waals surface area contributed by atoms with Gasteiger partial charge in [0.05, 0.1) is 5.69 Å². The highest BCUT2D eigenvalue weighted by atomic mass is 16.1. The Morgan fingerprint density at radius 1 is 1.28 bits per heavy atom. The second kappa shape index (κ2) is 8.30. The molecule has 0 saturated heterocycles. The summed E-state index contributed by atoms with van der Waals surface area (Å²) in [6, 6.07) is 10.9. The van der Waals surface area contributed by atoms with E-state index in [4.69, 9.17) is 0 Å². The number of hydrogen-bond donors (Lipinski definition) is 2. The van der Waals surface area contributed by atoms with E-state index in [9.17, 15) is 4.79 Å². The summed E-state index contributed by atoms with van der Waals surface area (Å²) in [6.45, 7) is 4.82. The first-order valence-corrected chi connectivity index (χ1v) is 9.25. The average Bonchev–Trinajstić information content (AvgIpc) is 3.14. The van der Waals surface area contributed by atoms with E-state index in [2.05, 4.69) is 33.9 Å². The number of nitrogens with zero attached hydrogens (tertiary/aromatic N) is 2. The lowest BCUT2D eigenvalue weighted by Crippen LogP contribution is -2.42. The lowest BCUT2D eigenvalue weighted by molar-refractivity contribution is -0.126. The molecule has 1 aromatic heterocycles. The molecule has 0 radical (unpaired) electrons. The summed E-state index contributed by atoms with van der Waals surface area (Å²) >= 11 is 0. The molecule has 0 aliphatic heterocycles. The Morgan fingerprint density at radius 2 is 2.12 bits per heavy atom. The van der Waals surface area contributed by atoms with Crippen molar-refractivity contribution in [3.8, 4) is 5.69 Å². The number of aromatic nitrogens is 2. The van der Waals surface area contributed by atoms with Crippen LogP contribution in [0.15, 0.2) is 42.7 Å². The number of rotatable bonds is 6. The van der Waals surface area contributed by atoms with Crippen LogP contribution in [0.1, 0.15) is 45.1 Å². The van der Waals surface area contributed by atoms with Crippen molar-refractivity contribution in [3.63, 3.8) is 0 Å². The fourth-order valence-electron chi connectivity index (χ4n) is 3.57. The van der Waals surface area contributed by atoms with E-state index < -0.39 is 0 Å². The molecule has 0 unspecified atom stereocenters. The van der Waals surface area contributed by atoms with Gasteiger partial charge >= 0.3 is 0 Å². The SMILES string of the molecule is CC(C)NC(=O)[C@@H]1CCC[C@H](NCc2ccccc2-n2cccn2)C1. The topological polar surface area (TPSA) is 59.0 Å². The molecule has 1 heterocycles. The van der Waals surface area contributed by atoms with Gasteiger partial charge in [-0.05, 0) is 50.8 Å². The van der Waals surface area contributed by atoms with Gasteiger partial charge in [-0.15, -0.1) is 0 Å². The van der Waals surface area contributed by atoms with E-state index in [1.807, 2.05) is 36.9 Å². The van der Waals surface area contributed by atoms with Gasteiger partial charge in [0.15, 0.2) is 0 Å². The minimum atomic E-state index is 0.134. The smallest absolute Gasteiger partial charge is 0.223 e. The summed E-state index contributed by atoms with van der Waals surface area (Å²) in [5.41, 5.74) is 2.32. The van der Waals surface area contributed by atoms with Crippen molar-refractivity contribution in [1.29, 1.82) is 0 Å². The maximum Gasteiger partial charge on any atom is 0.223 e. The number of para-hydroxylation sites is 1. The Hall–Kier alpha value is -2.14. The molecular weight excluding hydrogens is 312 g/mol. The summed E-state index contributed by atoms with van der Waals surface area (Å²) in [7, 11) is 0. The molecule has 0 bridgehead atoms. The van der Waals surface area contributed by atoms with Gasteiger partial charge in [-0.3, -0.25) is 4.79 Å². The standard InChI is InChI=1S/C20H28N4O/c1-15(2)23-20(25)16-8-5-9-18(13-16)21-14-17-7-3-4-10-19(17)24-12-6-11-22-24/h3-4,6-7,10-12,15-16,18,21H,5,8-9,13-14H2,1-2H3,(H,23,25)/t16-,18+/m1/s1. The zero-order valence-electron chi connectivity index (χ0n) is 15.1. The van der Waals surface area contributed by atoms with Crippen LogP contribution in [-0.4, -0.2) is 27.8 Å². The third-order valence-corrected chi connectivity index (χ3v) is 4.80. The lowest BCUT2D eigenvalue weighted by Gasteiger charge is -2.30. The van der Waals surface area contributed by atoms with Crippen LogP contribution >= 0.6 is 0 Å². The predicted octanol–water partition coefficient (Wildman–Crippen LogP) is 3.05. The third kappa shape index (κ3) is 4.69. The van der Waals surface area contributed by atoms with Crippen LogP contribution in [0.2, 0.25) is 0 Å². The minimum absolute atomic E-state index is 0.134. The number of amides is 1. The molecule has 3 rings (SSSR count). The van der Waals surface area contributed by atoms with Crippen molar-refractivity contribution in [1.82, 2.24) is 20.4 Å². The Kier molecular flexibility index (Phi) is 5.87. The summed E-state index contributed by atoms with van der Waals surface area (Å²) in [6.07, 6.45) is 7.92.